The van der Waals surface area contributed by atoms with Gasteiger partial charge in [0, 0.05) is 44.9 Å². The third-order valence-electron chi connectivity index (χ3n) is 6.13. The van der Waals surface area contributed by atoms with Gasteiger partial charge >= 0.3 is 0 Å². The molecule has 2 rings (SSSR count). The van der Waals surface area contributed by atoms with Crippen molar-refractivity contribution in [3.8, 4) is 0 Å². The maximum atomic E-state index is 5.77. The number of rotatable bonds is 8. The molecule has 0 bridgehead atoms. The van der Waals surface area contributed by atoms with E-state index in [1.54, 1.807) is 0 Å². The van der Waals surface area contributed by atoms with Crippen LogP contribution in [0.25, 0.3) is 0 Å². The van der Waals surface area contributed by atoms with Crippen LogP contribution in [-0.4, -0.2) is 60.8 Å². The fourth-order valence-electron chi connectivity index (χ4n) is 4.40. The van der Waals surface area contributed by atoms with Gasteiger partial charge in [-0.25, -0.2) is 0 Å². The van der Waals surface area contributed by atoms with Gasteiger partial charge in [-0.3, -0.25) is 9.80 Å². The highest BCUT2D eigenvalue weighted by Gasteiger charge is 2.24. The average molecular weight is 325 g/mol. The number of hydrogen-bond donors (Lipinski definition) is 0. The Balaban J connectivity index is 1.56. The predicted molar refractivity (Wildman–Crippen MR) is 99.0 cm³/mol. The molecule has 1 atom stereocenters. The first-order valence-corrected chi connectivity index (χ1v) is 10.2. The summed E-state index contributed by atoms with van der Waals surface area (Å²) in [7, 11) is 0. The Kier molecular flexibility index (Phi) is 8.35. The minimum atomic E-state index is 0.562. The second-order valence-corrected chi connectivity index (χ2v) is 8.04. The van der Waals surface area contributed by atoms with Gasteiger partial charge in [-0.05, 0) is 65.7 Å². The fraction of sp³-hybridized carbons (Fsp3) is 1.00. The first kappa shape index (κ1) is 19.2. The lowest BCUT2D eigenvalue weighted by Gasteiger charge is -2.40. The second-order valence-electron chi connectivity index (χ2n) is 8.04. The van der Waals surface area contributed by atoms with Crippen LogP contribution in [0, 0.1) is 5.92 Å². The lowest BCUT2D eigenvalue weighted by molar-refractivity contribution is 0.0241. The maximum absolute atomic E-state index is 5.77. The zero-order valence-corrected chi connectivity index (χ0v) is 16.1. The largest absolute Gasteiger partial charge is 0.379 e. The highest BCUT2D eigenvalue weighted by atomic mass is 16.5. The van der Waals surface area contributed by atoms with E-state index in [0.29, 0.717) is 12.1 Å². The van der Waals surface area contributed by atoms with E-state index in [-0.39, 0.29) is 0 Å². The molecule has 23 heavy (non-hydrogen) atoms. The van der Waals surface area contributed by atoms with E-state index in [2.05, 4.69) is 37.5 Å². The van der Waals surface area contributed by atoms with Gasteiger partial charge in [0.25, 0.3) is 0 Å². The van der Waals surface area contributed by atoms with Gasteiger partial charge in [0.2, 0.25) is 0 Å². The normalized spacial score (nSPS) is 29.1. The number of piperazine rings is 1. The van der Waals surface area contributed by atoms with E-state index in [1.165, 1.54) is 71.1 Å². The molecule has 0 aromatic carbocycles. The van der Waals surface area contributed by atoms with Crippen LogP contribution in [0.2, 0.25) is 0 Å². The Bertz CT molecular complexity index is 305. The van der Waals surface area contributed by atoms with Crippen molar-refractivity contribution >= 4 is 0 Å². The molecule has 0 spiro atoms. The first-order valence-electron chi connectivity index (χ1n) is 10.2. The first-order chi connectivity index (χ1) is 11.1. The molecule has 2 aliphatic rings. The van der Waals surface area contributed by atoms with Gasteiger partial charge in [-0.2, -0.15) is 0 Å². The van der Waals surface area contributed by atoms with Crippen molar-refractivity contribution in [2.75, 3.05) is 32.8 Å². The Morgan fingerprint density at radius 3 is 2.09 bits per heavy atom. The summed E-state index contributed by atoms with van der Waals surface area (Å²) in [5, 5.41) is 0. The molecule has 0 aromatic heterocycles. The zero-order valence-electron chi connectivity index (χ0n) is 16.1. The molecule has 3 heteroatoms. The quantitative estimate of drug-likeness (QED) is 0.666. The molecule has 1 aliphatic heterocycles. The number of hydrogen-bond acceptors (Lipinski definition) is 3. The van der Waals surface area contributed by atoms with Crippen LogP contribution in [-0.2, 0) is 4.74 Å². The van der Waals surface area contributed by atoms with Crippen LogP contribution < -0.4 is 0 Å². The minimum Gasteiger partial charge on any atom is -0.379 e. The molecule has 1 aliphatic carbocycles. The fourth-order valence-corrected chi connectivity index (χ4v) is 4.40. The van der Waals surface area contributed by atoms with Crippen LogP contribution in [0.15, 0.2) is 0 Å². The Labute approximate surface area is 144 Å². The van der Waals surface area contributed by atoms with Gasteiger partial charge in [0.1, 0.15) is 0 Å². The monoisotopic (exact) mass is 324 g/mol. The van der Waals surface area contributed by atoms with Gasteiger partial charge < -0.3 is 4.74 Å². The molecule has 1 heterocycles. The summed E-state index contributed by atoms with van der Waals surface area (Å²) in [4.78, 5) is 5.32. The van der Waals surface area contributed by atoms with E-state index in [1.807, 2.05) is 0 Å². The standard InChI is InChI=1S/C20H40N2O/c1-5-23-20-11-9-19(10-12-20)8-6-7-18(4)22-15-13-21(14-16-22)17(2)3/h17-20H,5-16H2,1-4H3. The van der Waals surface area contributed by atoms with Crippen molar-refractivity contribution in [1.82, 2.24) is 9.80 Å². The summed E-state index contributed by atoms with van der Waals surface area (Å²) in [6.45, 7) is 15.1. The van der Waals surface area contributed by atoms with Crippen LogP contribution in [0.4, 0.5) is 0 Å². The molecule has 0 amide bonds. The lowest BCUT2D eigenvalue weighted by atomic mass is 9.84. The van der Waals surface area contributed by atoms with Crippen molar-refractivity contribution < 1.29 is 4.74 Å². The van der Waals surface area contributed by atoms with E-state index in [4.69, 9.17) is 4.74 Å². The third-order valence-corrected chi connectivity index (χ3v) is 6.13. The number of nitrogens with zero attached hydrogens (tertiary/aromatic N) is 2. The Morgan fingerprint density at radius 1 is 0.913 bits per heavy atom. The molecule has 1 unspecified atom stereocenters. The van der Waals surface area contributed by atoms with E-state index in [0.717, 1.165) is 18.6 Å². The van der Waals surface area contributed by atoms with Gasteiger partial charge in [-0.1, -0.05) is 12.8 Å². The number of ether oxygens (including phenoxy) is 1. The summed E-state index contributed by atoms with van der Waals surface area (Å²) in [6.07, 6.45) is 10.2. The Morgan fingerprint density at radius 2 is 1.52 bits per heavy atom. The molecular formula is C20H40N2O. The average Bonchev–Trinajstić information content (AvgIpc) is 2.56. The Hall–Kier alpha value is -0.120. The minimum absolute atomic E-state index is 0.562. The van der Waals surface area contributed by atoms with E-state index in [9.17, 15) is 0 Å². The molecule has 3 nitrogen and oxygen atoms in total. The zero-order chi connectivity index (χ0) is 16.7. The van der Waals surface area contributed by atoms with E-state index < -0.39 is 0 Å². The van der Waals surface area contributed by atoms with Crippen LogP contribution in [0.5, 0.6) is 0 Å². The molecule has 0 radical (unpaired) electrons. The van der Waals surface area contributed by atoms with Crippen LogP contribution in [0.3, 0.4) is 0 Å². The molecule has 136 valence electrons. The highest BCUT2D eigenvalue weighted by molar-refractivity contribution is 4.79. The predicted octanol–water partition coefficient (Wildman–Crippen LogP) is 4.17. The van der Waals surface area contributed by atoms with Crippen molar-refractivity contribution in [3.05, 3.63) is 0 Å². The van der Waals surface area contributed by atoms with Crippen molar-refractivity contribution in [2.24, 2.45) is 5.92 Å². The lowest BCUT2D eigenvalue weighted by Crippen LogP contribution is -2.51. The van der Waals surface area contributed by atoms with Gasteiger partial charge in [0.15, 0.2) is 0 Å². The summed E-state index contributed by atoms with van der Waals surface area (Å²) in [5.41, 5.74) is 0. The molecule has 1 saturated heterocycles. The van der Waals surface area contributed by atoms with Gasteiger partial charge in [0.05, 0.1) is 6.10 Å². The second kappa shape index (κ2) is 10.0. The molecular weight excluding hydrogens is 284 g/mol. The SMILES string of the molecule is CCOC1CCC(CCCC(C)N2CCN(C(C)C)CC2)CC1. The van der Waals surface area contributed by atoms with Crippen molar-refractivity contribution in [1.29, 1.82) is 0 Å². The van der Waals surface area contributed by atoms with Crippen molar-refractivity contribution in [2.45, 2.75) is 90.8 Å². The molecule has 2 fully saturated rings. The summed E-state index contributed by atoms with van der Waals surface area (Å²) in [5.74, 6) is 0.969. The molecule has 0 N–H and O–H groups in total. The third kappa shape index (κ3) is 6.36. The summed E-state index contributed by atoms with van der Waals surface area (Å²) in [6, 6.07) is 1.48. The topological polar surface area (TPSA) is 15.7 Å². The van der Waals surface area contributed by atoms with E-state index >= 15 is 0 Å². The summed E-state index contributed by atoms with van der Waals surface area (Å²) >= 11 is 0. The van der Waals surface area contributed by atoms with Crippen molar-refractivity contribution in [3.63, 3.8) is 0 Å². The molecule has 0 aromatic rings. The summed E-state index contributed by atoms with van der Waals surface area (Å²) < 4.78 is 5.77. The van der Waals surface area contributed by atoms with Crippen LogP contribution in [0.1, 0.15) is 72.6 Å². The highest BCUT2D eigenvalue weighted by Crippen LogP contribution is 2.30. The molecule has 1 saturated carbocycles. The maximum Gasteiger partial charge on any atom is 0.0575 e. The van der Waals surface area contributed by atoms with Crippen LogP contribution >= 0.6 is 0 Å². The smallest absolute Gasteiger partial charge is 0.0575 e. The van der Waals surface area contributed by atoms with Gasteiger partial charge in [-0.15, -0.1) is 0 Å².